The summed E-state index contributed by atoms with van der Waals surface area (Å²) in [5, 5.41) is 0.807. The van der Waals surface area contributed by atoms with Crippen LogP contribution in [0.15, 0.2) is 18.6 Å². The lowest BCUT2D eigenvalue weighted by Gasteiger charge is -2.18. The van der Waals surface area contributed by atoms with Crippen molar-refractivity contribution in [1.29, 1.82) is 0 Å². The van der Waals surface area contributed by atoms with Crippen molar-refractivity contribution >= 4 is 22.9 Å². The minimum Gasteiger partial charge on any atom is -0.477 e. The van der Waals surface area contributed by atoms with Crippen LogP contribution in [0.2, 0.25) is 0 Å². The van der Waals surface area contributed by atoms with Crippen LogP contribution in [0.3, 0.4) is 0 Å². The van der Waals surface area contributed by atoms with Crippen molar-refractivity contribution in [1.82, 2.24) is 15.0 Å². The second kappa shape index (κ2) is 6.08. The minimum atomic E-state index is 0.0434. The number of aromatic amines is 1. The van der Waals surface area contributed by atoms with Crippen molar-refractivity contribution < 1.29 is 9.53 Å². The molecule has 0 radical (unpaired) electrons. The van der Waals surface area contributed by atoms with E-state index in [0.717, 1.165) is 10.9 Å². The molecule has 0 atom stereocenters. The zero-order valence-corrected chi connectivity index (χ0v) is 12.9. The molecule has 112 valence electrons. The Bertz CT molecular complexity index is 666. The molecule has 5 heteroatoms. The van der Waals surface area contributed by atoms with Crippen LogP contribution in [0.25, 0.3) is 17.1 Å². The highest BCUT2D eigenvalue weighted by atomic mass is 16.5. The van der Waals surface area contributed by atoms with E-state index >= 15 is 0 Å². The number of carbonyl (C=O) groups excluding carboxylic acids is 1. The summed E-state index contributed by atoms with van der Waals surface area (Å²) in [4.78, 5) is 22.9. The van der Waals surface area contributed by atoms with Crippen molar-refractivity contribution in [3.63, 3.8) is 0 Å². The highest BCUT2D eigenvalue weighted by Gasteiger charge is 2.15. The molecule has 21 heavy (non-hydrogen) atoms. The average molecular weight is 287 g/mol. The number of rotatable bonds is 5. The number of carbonyl (C=O) groups is 1. The molecule has 0 amide bonds. The highest BCUT2D eigenvalue weighted by Crippen LogP contribution is 2.27. The Morgan fingerprint density at radius 2 is 2.14 bits per heavy atom. The van der Waals surface area contributed by atoms with Crippen LogP contribution >= 0.6 is 0 Å². The van der Waals surface area contributed by atoms with Crippen molar-refractivity contribution in [2.24, 2.45) is 5.41 Å². The van der Waals surface area contributed by atoms with E-state index in [2.05, 4.69) is 35.7 Å². The molecule has 0 aromatic carbocycles. The van der Waals surface area contributed by atoms with E-state index in [1.807, 2.05) is 13.1 Å². The normalized spacial score (nSPS) is 12.2. The van der Waals surface area contributed by atoms with Gasteiger partial charge in [0.05, 0.1) is 12.0 Å². The zero-order chi connectivity index (χ0) is 15.5. The third kappa shape index (κ3) is 3.90. The smallest absolute Gasteiger partial charge is 0.226 e. The summed E-state index contributed by atoms with van der Waals surface area (Å²) < 4.78 is 5.83. The number of H-pyrrole nitrogens is 1. The fraction of sp³-hybridized carbons (Fsp3) is 0.438. The lowest BCUT2D eigenvalue weighted by molar-refractivity contribution is -0.114. The number of hydrogen-bond acceptors (Lipinski definition) is 4. The molecule has 5 nitrogen and oxygen atoms in total. The second-order valence-corrected chi connectivity index (χ2v) is 6.15. The van der Waals surface area contributed by atoms with Gasteiger partial charge in [-0.05, 0) is 17.6 Å². The molecular formula is C16H21N3O2. The van der Waals surface area contributed by atoms with Gasteiger partial charge >= 0.3 is 0 Å². The fourth-order valence-corrected chi connectivity index (χ4v) is 1.78. The number of aromatic nitrogens is 3. The van der Waals surface area contributed by atoms with Crippen molar-refractivity contribution in [3.05, 3.63) is 24.2 Å². The quantitative estimate of drug-likeness (QED) is 0.856. The maximum atomic E-state index is 11.4. The molecular weight excluding hydrogens is 266 g/mol. The number of fused-ring (bicyclic) bond motifs is 1. The Hall–Kier alpha value is -2.17. The number of allylic oxidation sites excluding steroid dienone is 1. The molecule has 0 bridgehead atoms. The van der Waals surface area contributed by atoms with Gasteiger partial charge in [0, 0.05) is 18.2 Å². The molecule has 0 saturated carbocycles. The van der Waals surface area contributed by atoms with Crippen LogP contribution in [0.4, 0.5) is 0 Å². The first-order valence-electron chi connectivity index (χ1n) is 7.06. The van der Waals surface area contributed by atoms with E-state index in [4.69, 9.17) is 4.74 Å². The lowest BCUT2D eigenvalue weighted by Crippen LogP contribution is -2.17. The van der Waals surface area contributed by atoms with Gasteiger partial charge in [-0.15, -0.1) is 0 Å². The zero-order valence-electron chi connectivity index (χ0n) is 12.9. The predicted molar refractivity (Wildman–Crippen MR) is 83.2 cm³/mol. The predicted octanol–water partition coefficient (Wildman–Crippen LogP) is 3.38. The van der Waals surface area contributed by atoms with Gasteiger partial charge < -0.3 is 9.72 Å². The summed E-state index contributed by atoms with van der Waals surface area (Å²) in [6.07, 6.45) is 7.12. The summed E-state index contributed by atoms with van der Waals surface area (Å²) in [6.45, 7) is 8.69. The Morgan fingerprint density at radius 1 is 1.38 bits per heavy atom. The topological polar surface area (TPSA) is 67.9 Å². The van der Waals surface area contributed by atoms with Crippen LogP contribution in [0.1, 0.15) is 39.7 Å². The van der Waals surface area contributed by atoms with E-state index in [9.17, 15) is 4.79 Å². The summed E-state index contributed by atoms with van der Waals surface area (Å²) in [5.41, 5.74) is 1.61. The molecule has 0 saturated heterocycles. The van der Waals surface area contributed by atoms with E-state index in [0.29, 0.717) is 24.6 Å². The number of ether oxygens (including phenoxy) is 1. The molecule has 0 spiro atoms. The van der Waals surface area contributed by atoms with Gasteiger partial charge in [-0.25, -0.2) is 9.97 Å². The SMILES string of the molecule is CCC(=O)C=Cc1c[nH]c2ncnc(OCC(C)(C)C)c12. The van der Waals surface area contributed by atoms with Crippen LogP contribution in [0.5, 0.6) is 5.88 Å². The third-order valence-corrected chi connectivity index (χ3v) is 2.90. The first-order chi connectivity index (χ1) is 9.90. The molecule has 2 rings (SSSR count). The lowest BCUT2D eigenvalue weighted by atomic mass is 9.99. The van der Waals surface area contributed by atoms with Gasteiger partial charge in [0.1, 0.15) is 12.0 Å². The van der Waals surface area contributed by atoms with Gasteiger partial charge in [0.25, 0.3) is 0 Å². The van der Waals surface area contributed by atoms with Crippen LogP contribution in [-0.4, -0.2) is 27.3 Å². The second-order valence-electron chi connectivity index (χ2n) is 6.15. The summed E-state index contributed by atoms with van der Waals surface area (Å²) in [6, 6.07) is 0. The fourth-order valence-electron chi connectivity index (χ4n) is 1.78. The van der Waals surface area contributed by atoms with Gasteiger partial charge in [-0.2, -0.15) is 0 Å². The molecule has 0 aliphatic carbocycles. The highest BCUT2D eigenvalue weighted by molar-refractivity contribution is 5.97. The molecule has 0 fully saturated rings. The number of nitrogens with one attached hydrogen (secondary N) is 1. The maximum absolute atomic E-state index is 11.4. The van der Waals surface area contributed by atoms with Crippen molar-refractivity contribution in [2.45, 2.75) is 34.1 Å². The summed E-state index contributed by atoms with van der Waals surface area (Å²) in [7, 11) is 0. The maximum Gasteiger partial charge on any atom is 0.226 e. The average Bonchev–Trinajstić information content (AvgIpc) is 2.85. The first-order valence-corrected chi connectivity index (χ1v) is 7.06. The summed E-state index contributed by atoms with van der Waals surface area (Å²) >= 11 is 0. The van der Waals surface area contributed by atoms with Crippen molar-refractivity contribution in [3.8, 4) is 5.88 Å². The molecule has 2 aromatic rings. The van der Waals surface area contributed by atoms with Crippen LogP contribution in [0, 0.1) is 5.41 Å². The van der Waals surface area contributed by atoms with E-state index < -0.39 is 0 Å². The van der Waals surface area contributed by atoms with E-state index in [1.165, 1.54) is 6.33 Å². The van der Waals surface area contributed by atoms with E-state index in [1.54, 1.807) is 12.2 Å². The number of ketones is 1. The standard InChI is InChI=1S/C16H21N3O2/c1-5-12(20)7-6-11-8-17-14-13(11)15(19-10-18-14)21-9-16(2,3)4/h6-8,10H,5,9H2,1-4H3,(H,17,18,19). The molecule has 0 aliphatic heterocycles. The monoisotopic (exact) mass is 287 g/mol. The largest absolute Gasteiger partial charge is 0.477 e. The summed E-state index contributed by atoms with van der Waals surface area (Å²) in [5.74, 6) is 0.623. The molecule has 2 aromatic heterocycles. The molecule has 0 aliphatic rings. The number of hydrogen-bond donors (Lipinski definition) is 1. The van der Waals surface area contributed by atoms with Crippen LogP contribution < -0.4 is 4.74 Å². The Labute approximate surface area is 124 Å². The molecule has 0 unspecified atom stereocenters. The van der Waals surface area contributed by atoms with Gasteiger partial charge in [-0.1, -0.05) is 27.7 Å². The molecule has 2 heterocycles. The third-order valence-electron chi connectivity index (χ3n) is 2.90. The van der Waals surface area contributed by atoms with Crippen molar-refractivity contribution in [2.75, 3.05) is 6.61 Å². The van der Waals surface area contributed by atoms with Gasteiger partial charge in [0.2, 0.25) is 5.88 Å². The Kier molecular flexibility index (Phi) is 4.40. The minimum absolute atomic E-state index is 0.0434. The van der Waals surface area contributed by atoms with Crippen LogP contribution in [-0.2, 0) is 4.79 Å². The Morgan fingerprint density at radius 3 is 2.81 bits per heavy atom. The Balaban J connectivity index is 2.35. The van der Waals surface area contributed by atoms with E-state index in [-0.39, 0.29) is 11.2 Å². The van der Waals surface area contributed by atoms with Gasteiger partial charge in [-0.3, -0.25) is 4.79 Å². The molecule has 1 N–H and O–H groups in total. The number of nitrogens with zero attached hydrogens (tertiary/aromatic N) is 2. The van der Waals surface area contributed by atoms with Gasteiger partial charge in [0.15, 0.2) is 5.78 Å². The first kappa shape index (κ1) is 15.2.